The molecule has 26 heavy (non-hydrogen) atoms. The molecule has 0 bridgehead atoms. The fraction of sp³-hybridized carbons (Fsp3) is 0.222. The Labute approximate surface area is 153 Å². The summed E-state index contributed by atoms with van der Waals surface area (Å²) in [7, 11) is 0. The number of benzene rings is 2. The van der Waals surface area contributed by atoms with Crippen molar-refractivity contribution < 1.29 is 22.8 Å². The van der Waals surface area contributed by atoms with E-state index in [9.17, 15) is 22.8 Å². The van der Waals surface area contributed by atoms with Crippen molar-refractivity contribution in [3.63, 3.8) is 0 Å². The normalized spacial score (nSPS) is 11.1. The van der Waals surface area contributed by atoms with E-state index < -0.39 is 30.0 Å². The second kappa shape index (κ2) is 8.23. The smallest absolute Gasteiger partial charge is 0.352 e. The van der Waals surface area contributed by atoms with Crippen LogP contribution in [0.3, 0.4) is 0 Å². The zero-order valence-corrected chi connectivity index (χ0v) is 14.5. The van der Waals surface area contributed by atoms with Crippen LogP contribution in [0, 0.1) is 6.92 Å². The molecule has 0 spiro atoms. The molecule has 0 saturated heterocycles. The first-order chi connectivity index (χ1) is 12.2. The highest BCUT2D eigenvalue weighted by atomic mass is 35.5. The average molecular weight is 385 g/mol. The lowest BCUT2D eigenvalue weighted by Crippen LogP contribution is -2.28. The van der Waals surface area contributed by atoms with E-state index in [2.05, 4.69) is 10.6 Å². The van der Waals surface area contributed by atoms with E-state index >= 15 is 0 Å². The van der Waals surface area contributed by atoms with E-state index in [0.29, 0.717) is 0 Å². The van der Waals surface area contributed by atoms with Crippen molar-refractivity contribution in [2.24, 2.45) is 0 Å². The molecule has 2 N–H and O–H groups in total. The maximum atomic E-state index is 12.7. The van der Waals surface area contributed by atoms with Crippen LogP contribution < -0.4 is 10.6 Å². The Morgan fingerprint density at radius 2 is 1.77 bits per heavy atom. The van der Waals surface area contributed by atoms with Crippen molar-refractivity contribution >= 4 is 29.1 Å². The Morgan fingerprint density at radius 3 is 2.42 bits per heavy atom. The maximum absolute atomic E-state index is 12.7. The van der Waals surface area contributed by atoms with Gasteiger partial charge in [0.05, 0.1) is 16.3 Å². The predicted molar refractivity (Wildman–Crippen MR) is 92.7 cm³/mol. The van der Waals surface area contributed by atoms with Gasteiger partial charge in [-0.1, -0.05) is 35.9 Å². The number of alkyl halides is 3. The Bertz CT molecular complexity index is 822. The number of nitrogens with one attached hydrogen (secondary N) is 2. The SMILES string of the molecule is Cc1ccccc1CNC(=O)CC(=O)Nc1cc(C(F)(F)F)ccc1Cl. The van der Waals surface area contributed by atoms with E-state index in [4.69, 9.17) is 11.6 Å². The molecule has 0 atom stereocenters. The van der Waals surface area contributed by atoms with Crippen LogP contribution in [0.2, 0.25) is 5.02 Å². The van der Waals surface area contributed by atoms with Gasteiger partial charge in [0.2, 0.25) is 11.8 Å². The van der Waals surface area contributed by atoms with Gasteiger partial charge < -0.3 is 10.6 Å². The van der Waals surface area contributed by atoms with Crippen molar-refractivity contribution in [3.8, 4) is 0 Å². The van der Waals surface area contributed by atoms with E-state index in [1.807, 2.05) is 31.2 Å². The van der Waals surface area contributed by atoms with Crippen LogP contribution in [0.4, 0.5) is 18.9 Å². The first kappa shape index (κ1) is 19.8. The third-order valence-electron chi connectivity index (χ3n) is 3.63. The summed E-state index contributed by atoms with van der Waals surface area (Å²) in [5.74, 6) is -1.30. The highest BCUT2D eigenvalue weighted by molar-refractivity contribution is 6.33. The zero-order valence-electron chi connectivity index (χ0n) is 13.8. The fourth-order valence-electron chi connectivity index (χ4n) is 2.20. The van der Waals surface area contributed by atoms with Gasteiger partial charge in [-0.25, -0.2) is 0 Å². The number of anilines is 1. The van der Waals surface area contributed by atoms with Crippen molar-refractivity contribution in [3.05, 3.63) is 64.2 Å². The Kier molecular flexibility index (Phi) is 6.26. The molecule has 0 radical (unpaired) electrons. The van der Waals surface area contributed by atoms with Crippen LogP contribution in [0.1, 0.15) is 23.1 Å². The van der Waals surface area contributed by atoms with Crippen LogP contribution in [0.15, 0.2) is 42.5 Å². The summed E-state index contributed by atoms with van der Waals surface area (Å²) in [6.07, 6.45) is -5.09. The quantitative estimate of drug-likeness (QED) is 0.754. The summed E-state index contributed by atoms with van der Waals surface area (Å²) in [6.45, 7) is 2.15. The monoisotopic (exact) mass is 384 g/mol. The van der Waals surface area contributed by atoms with Crippen molar-refractivity contribution in [2.75, 3.05) is 5.32 Å². The van der Waals surface area contributed by atoms with Crippen LogP contribution >= 0.6 is 11.6 Å². The van der Waals surface area contributed by atoms with Gasteiger partial charge in [0.15, 0.2) is 0 Å². The molecule has 2 amide bonds. The summed E-state index contributed by atoms with van der Waals surface area (Å²) in [5, 5.41) is 4.78. The van der Waals surface area contributed by atoms with Gasteiger partial charge in [-0.15, -0.1) is 0 Å². The van der Waals surface area contributed by atoms with Gasteiger partial charge in [-0.05, 0) is 36.2 Å². The molecule has 2 aromatic rings. The fourth-order valence-corrected chi connectivity index (χ4v) is 2.37. The number of rotatable bonds is 5. The molecular weight excluding hydrogens is 369 g/mol. The molecule has 138 valence electrons. The van der Waals surface area contributed by atoms with E-state index in [-0.39, 0.29) is 17.3 Å². The van der Waals surface area contributed by atoms with Crippen LogP contribution in [0.5, 0.6) is 0 Å². The maximum Gasteiger partial charge on any atom is 0.416 e. The van der Waals surface area contributed by atoms with Crippen LogP contribution in [-0.4, -0.2) is 11.8 Å². The van der Waals surface area contributed by atoms with Crippen LogP contribution in [0.25, 0.3) is 0 Å². The molecule has 4 nitrogen and oxygen atoms in total. The lowest BCUT2D eigenvalue weighted by atomic mass is 10.1. The second-order valence-electron chi connectivity index (χ2n) is 5.62. The first-order valence-corrected chi connectivity index (χ1v) is 8.02. The summed E-state index contributed by atoms with van der Waals surface area (Å²) in [5.41, 5.74) is 0.759. The van der Waals surface area contributed by atoms with Crippen molar-refractivity contribution in [1.82, 2.24) is 5.32 Å². The van der Waals surface area contributed by atoms with Crippen molar-refractivity contribution in [1.29, 1.82) is 0 Å². The lowest BCUT2D eigenvalue weighted by Gasteiger charge is -2.12. The summed E-state index contributed by atoms with van der Waals surface area (Å²) >= 11 is 5.80. The number of carbonyl (C=O) groups excluding carboxylic acids is 2. The Morgan fingerprint density at radius 1 is 1.08 bits per heavy atom. The highest BCUT2D eigenvalue weighted by Gasteiger charge is 2.31. The third-order valence-corrected chi connectivity index (χ3v) is 3.96. The predicted octanol–water partition coefficient (Wildman–Crippen LogP) is 4.31. The van der Waals surface area contributed by atoms with Gasteiger partial charge in [0, 0.05) is 6.54 Å². The second-order valence-corrected chi connectivity index (χ2v) is 6.03. The van der Waals surface area contributed by atoms with Gasteiger partial charge in [0.1, 0.15) is 6.42 Å². The number of halogens is 4. The minimum Gasteiger partial charge on any atom is -0.352 e. The topological polar surface area (TPSA) is 58.2 Å². The molecule has 0 aliphatic heterocycles. The highest BCUT2D eigenvalue weighted by Crippen LogP contribution is 2.33. The summed E-state index contributed by atoms with van der Waals surface area (Å²) in [6, 6.07) is 10.0. The number of hydrogen-bond acceptors (Lipinski definition) is 2. The molecule has 2 rings (SSSR count). The lowest BCUT2D eigenvalue weighted by molar-refractivity contribution is -0.137. The van der Waals surface area contributed by atoms with E-state index in [1.165, 1.54) is 0 Å². The summed E-state index contributed by atoms with van der Waals surface area (Å²) in [4.78, 5) is 23.8. The first-order valence-electron chi connectivity index (χ1n) is 7.64. The van der Waals surface area contributed by atoms with Gasteiger partial charge in [0.25, 0.3) is 0 Å². The molecule has 0 saturated carbocycles. The molecule has 0 fully saturated rings. The average Bonchev–Trinajstić information content (AvgIpc) is 2.55. The molecule has 0 unspecified atom stereocenters. The Hall–Kier alpha value is -2.54. The van der Waals surface area contributed by atoms with Gasteiger partial charge >= 0.3 is 6.18 Å². The van der Waals surface area contributed by atoms with E-state index in [1.54, 1.807) is 0 Å². The van der Waals surface area contributed by atoms with Crippen LogP contribution in [-0.2, 0) is 22.3 Å². The van der Waals surface area contributed by atoms with Gasteiger partial charge in [-0.2, -0.15) is 13.2 Å². The number of carbonyl (C=O) groups is 2. The number of aryl methyl sites for hydroxylation is 1. The third kappa shape index (κ3) is 5.49. The molecule has 0 aliphatic carbocycles. The molecular formula is C18H16ClF3N2O2. The molecule has 2 aromatic carbocycles. The Balaban J connectivity index is 1.94. The van der Waals surface area contributed by atoms with Crippen molar-refractivity contribution in [2.45, 2.75) is 26.1 Å². The molecule has 0 heterocycles. The largest absolute Gasteiger partial charge is 0.416 e. The standard InChI is InChI=1S/C18H16ClF3N2O2/c1-11-4-2-3-5-12(11)10-23-16(25)9-17(26)24-15-8-13(18(20,21)22)6-7-14(15)19/h2-8H,9-10H2,1H3,(H,23,25)(H,24,26). The zero-order chi connectivity index (χ0) is 19.3. The molecule has 0 aliphatic rings. The molecule has 0 aromatic heterocycles. The minimum absolute atomic E-state index is 0.0494. The number of hydrogen-bond donors (Lipinski definition) is 2. The van der Waals surface area contributed by atoms with Gasteiger partial charge in [-0.3, -0.25) is 9.59 Å². The number of amides is 2. The van der Waals surface area contributed by atoms with E-state index in [0.717, 1.165) is 29.3 Å². The summed E-state index contributed by atoms with van der Waals surface area (Å²) < 4.78 is 38.2. The minimum atomic E-state index is -4.56. The molecule has 8 heteroatoms.